The number of carbonyl (C=O) groups excluding carboxylic acids is 4. The maximum Gasteiger partial charge on any atom is 1.00 e. The van der Waals surface area contributed by atoms with Crippen LogP contribution in [0.2, 0.25) is 0 Å². The average molecular weight is 1060 g/mol. The molecule has 28 nitrogen and oxygen atoms in total. The number of nitrogens with one attached hydrogen (secondary N) is 1. The Labute approximate surface area is 438 Å². The molecule has 0 saturated carbocycles. The van der Waals surface area contributed by atoms with Gasteiger partial charge in [-0.2, -0.15) is 10.2 Å². The summed E-state index contributed by atoms with van der Waals surface area (Å²) >= 11 is 0. The molecule has 4 unspecified atom stereocenters. The van der Waals surface area contributed by atoms with Gasteiger partial charge in [-0.05, 0) is 65.7 Å². The Morgan fingerprint density at radius 1 is 0.649 bits per heavy atom. The molecule has 0 spiro atoms. The number of hydrazone groups is 6. The number of piperidine rings is 4. The van der Waals surface area contributed by atoms with Gasteiger partial charge >= 0.3 is 1.43 Å². The average Bonchev–Trinajstić information content (AvgIpc) is 3.68. The summed E-state index contributed by atoms with van der Waals surface area (Å²) in [5, 5.41) is 63.0. The van der Waals surface area contributed by atoms with E-state index in [4.69, 9.17) is 0 Å². The number of likely N-dealkylation sites (tertiary alicyclic amines) is 3. The van der Waals surface area contributed by atoms with Gasteiger partial charge in [-0.1, -0.05) is 57.6 Å². The van der Waals surface area contributed by atoms with Crippen LogP contribution in [0.5, 0.6) is 0 Å². The van der Waals surface area contributed by atoms with Crippen molar-refractivity contribution in [3.63, 3.8) is 0 Å². The molecule has 6 rings (SSSR count). The highest BCUT2D eigenvalue weighted by atomic mass is 16.7. The molecule has 0 aliphatic carbocycles. The van der Waals surface area contributed by atoms with Gasteiger partial charge in [0.25, 0.3) is 11.8 Å². The molecule has 0 aromatic rings. The first-order valence-electron chi connectivity index (χ1n) is 22.3. The van der Waals surface area contributed by atoms with Crippen LogP contribution in [0.4, 0.5) is 0 Å². The molecular formula is C46H87N16O12+. The van der Waals surface area contributed by atoms with Crippen molar-refractivity contribution in [1.29, 1.82) is 0 Å². The minimum absolute atomic E-state index is 0. The van der Waals surface area contributed by atoms with Gasteiger partial charge in [-0.25, -0.2) is 50.5 Å². The summed E-state index contributed by atoms with van der Waals surface area (Å²) in [4.78, 5) is 93.2. The zero-order valence-corrected chi connectivity index (χ0v) is 40.5. The first-order chi connectivity index (χ1) is 32.4. The summed E-state index contributed by atoms with van der Waals surface area (Å²) in [6, 6.07) is 0. The molecule has 6 aliphatic rings. The van der Waals surface area contributed by atoms with Gasteiger partial charge in [0.15, 0.2) is 20.1 Å². The maximum atomic E-state index is 12.3. The molecule has 4 fully saturated rings. The molecular weight excluding hydrogens is 969 g/mol. The smallest absolute Gasteiger partial charge is 0.315 e. The third-order valence-electron chi connectivity index (χ3n) is 12.2. The maximum absolute atomic E-state index is 12.3. The summed E-state index contributed by atoms with van der Waals surface area (Å²) in [6.07, 6.45) is 11.7. The molecule has 6 aliphatic heterocycles. The van der Waals surface area contributed by atoms with E-state index in [1.54, 1.807) is 14.1 Å². The van der Waals surface area contributed by atoms with Crippen molar-refractivity contribution in [1.82, 2.24) is 30.0 Å². The fourth-order valence-electron chi connectivity index (χ4n) is 8.70. The summed E-state index contributed by atoms with van der Waals surface area (Å²) in [7, 11) is 9.30. The molecule has 2 amide bonds. The van der Waals surface area contributed by atoms with Crippen molar-refractivity contribution in [2.24, 2.45) is 52.8 Å². The van der Waals surface area contributed by atoms with Gasteiger partial charge in [0, 0.05) is 103 Å². The third kappa shape index (κ3) is 23.1. The summed E-state index contributed by atoms with van der Waals surface area (Å²) in [6.45, 7) is 13.4. The number of ketones is 2. The Morgan fingerprint density at radius 2 is 1.08 bits per heavy atom. The number of hydrogen-bond acceptors (Lipinski definition) is 18. The van der Waals surface area contributed by atoms with Crippen LogP contribution in [0.3, 0.4) is 0 Å². The standard InChI is InChI=1S/C11H17N5O3.C10H15N5O3.C10H17N3O3.C7H13NO.C3H4N2O2.5CH4/c1-14-7-4-9-11(8-14,10(17)15(2)13-9)5-3-6-12-16(18)19;1-14-9(16)10(4-2-5-12-15(17)18)7-11-6-3-8(10)13-14;1-10(5-3-6-11-13(15)16)8-12(2)7-4-9(10)14;1-6-5-8(2)4-3-7(6)9;1-2-3-4-5(6)7;;;;;/h6H,3-5,7-8H2,1-2H3;5,11H,2-4,6-7H2,1H3;6H,3-5,7-8H2,1-2H3;6H,3-5H2,1-2H3;2-3H,1H2;5*1H4/p+1/b12-6+;12-5+;11-6+;;4-3+;;;;;. The van der Waals surface area contributed by atoms with Gasteiger partial charge in [-0.3, -0.25) is 19.2 Å². The lowest BCUT2D eigenvalue weighted by molar-refractivity contribution is -0.484. The quantitative estimate of drug-likeness (QED) is 0.132. The first-order valence-corrected chi connectivity index (χ1v) is 22.3. The van der Waals surface area contributed by atoms with Crippen LogP contribution in [0.1, 0.15) is 117 Å². The highest BCUT2D eigenvalue weighted by molar-refractivity contribution is 6.13. The Hall–Kier alpha value is -6.52. The van der Waals surface area contributed by atoms with E-state index in [0.29, 0.717) is 63.8 Å². The topological polar surface area (TPSA) is 343 Å². The molecule has 0 bridgehead atoms. The van der Waals surface area contributed by atoms with Gasteiger partial charge in [0.2, 0.25) is 0 Å². The zero-order valence-electron chi connectivity index (χ0n) is 41.5. The second-order valence-corrected chi connectivity index (χ2v) is 17.6. The number of hydrogen-bond donors (Lipinski definition) is 1. The second-order valence-electron chi connectivity index (χ2n) is 17.6. The van der Waals surface area contributed by atoms with Crippen molar-refractivity contribution in [3.05, 3.63) is 53.1 Å². The molecule has 422 valence electrons. The lowest BCUT2D eigenvalue weighted by Crippen LogP contribution is -2.51. The molecule has 0 radical (unpaired) electrons. The van der Waals surface area contributed by atoms with E-state index in [0.717, 1.165) is 76.2 Å². The third-order valence-corrected chi connectivity index (χ3v) is 12.2. The Balaban J connectivity index is -0.000000277. The number of allylic oxidation sites excluding steroid dienone is 1. The van der Waals surface area contributed by atoms with Crippen LogP contribution in [0, 0.1) is 62.6 Å². The van der Waals surface area contributed by atoms with Gasteiger partial charge in [0.05, 0.1) is 50.5 Å². The minimum atomic E-state index is -0.790. The molecule has 1 N–H and O–H groups in total. The van der Waals surface area contributed by atoms with Gasteiger partial charge in [0.1, 0.15) is 28.6 Å². The van der Waals surface area contributed by atoms with E-state index in [-0.39, 0.29) is 67.5 Å². The largest absolute Gasteiger partial charge is 1.00 e. The highest BCUT2D eigenvalue weighted by Gasteiger charge is 2.52. The minimum Gasteiger partial charge on any atom is -0.315 e. The monoisotopic (exact) mass is 1060 g/mol. The van der Waals surface area contributed by atoms with Crippen LogP contribution >= 0.6 is 0 Å². The van der Waals surface area contributed by atoms with Crippen LogP contribution in [-0.2, 0) is 19.2 Å². The number of carbonyl (C=O) groups is 4. The Bertz CT molecular complexity index is 2070. The number of rotatable bonds is 14. The molecule has 4 atom stereocenters. The molecule has 74 heavy (non-hydrogen) atoms. The van der Waals surface area contributed by atoms with Crippen LogP contribution in [0.15, 0.2) is 43.3 Å². The van der Waals surface area contributed by atoms with E-state index in [1.165, 1.54) is 34.7 Å². The molecule has 0 aromatic heterocycles. The molecule has 6 heterocycles. The van der Waals surface area contributed by atoms with E-state index >= 15 is 0 Å². The van der Waals surface area contributed by atoms with Crippen molar-refractivity contribution < 1.29 is 40.7 Å². The number of nitrogens with zero attached hydrogens (tertiary/aromatic N) is 15. The predicted octanol–water partition coefficient (Wildman–Crippen LogP) is 5.21. The van der Waals surface area contributed by atoms with Crippen molar-refractivity contribution >= 4 is 59.7 Å². The van der Waals surface area contributed by atoms with Crippen molar-refractivity contribution in [3.8, 4) is 0 Å². The lowest BCUT2D eigenvalue weighted by Gasteiger charge is -2.37. The number of amides is 2. The second kappa shape index (κ2) is 35.6. The molecule has 4 saturated heterocycles. The summed E-state index contributed by atoms with van der Waals surface area (Å²) < 4.78 is 0. The lowest BCUT2D eigenvalue weighted by atomic mass is 9.74. The fraction of sp³-hybridized carbons (Fsp3) is 0.739. The number of nitro groups is 4. The predicted molar refractivity (Wildman–Crippen MR) is 291 cm³/mol. The van der Waals surface area contributed by atoms with Gasteiger partial charge < -0.3 is 20.0 Å². The Kier molecular flexibility index (Phi) is 35.6. The van der Waals surface area contributed by atoms with Crippen LogP contribution < -0.4 is 5.32 Å². The fourth-order valence-corrected chi connectivity index (χ4v) is 8.70. The van der Waals surface area contributed by atoms with Crippen LogP contribution in [-0.4, -0.2) is 192 Å². The van der Waals surface area contributed by atoms with E-state index < -0.39 is 31.0 Å². The number of fused-ring (bicyclic) bond motifs is 2. The number of Topliss-reactive ketones (excluding diaryl/α,β-unsaturated/α-hetero) is 2. The van der Waals surface area contributed by atoms with E-state index in [1.807, 2.05) is 27.9 Å². The zero-order chi connectivity index (χ0) is 52.0. The SMILES string of the molecule is C.C.C.C.C.C=C/C=N/[N+](=O)[O-].CC1CN(C)CCC1=O.CN1CCC(=O)C(C)(CC/C=N/[N+](=O)[O-])C1.CN1CCC2=NN(C)C(=O)C2(CC/C=N/[N+](=O)[O-])C1.CN1N=C2CCNCC2(CC/C=N/[N+](=O)[O-])C1=O.[H+]. The van der Waals surface area contributed by atoms with Gasteiger partial charge in [-0.15, -0.1) is 0 Å². The van der Waals surface area contributed by atoms with Crippen molar-refractivity contribution in [2.75, 3.05) is 87.6 Å². The molecule has 0 aromatic carbocycles. The van der Waals surface area contributed by atoms with Crippen LogP contribution in [0.25, 0.3) is 0 Å². The molecule has 28 heteroatoms. The van der Waals surface area contributed by atoms with Crippen molar-refractivity contribution in [2.45, 2.75) is 115 Å². The van der Waals surface area contributed by atoms with E-state index in [2.05, 4.69) is 64.3 Å². The Morgan fingerprint density at radius 3 is 1.54 bits per heavy atom. The first kappa shape index (κ1) is 74.0. The summed E-state index contributed by atoms with van der Waals surface area (Å²) in [5.41, 5.74) is 0.145. The highest BCUT2D eigenvalue weighted by Crippen LogP contribution is 2.38. The normalized spacial score (nSPS) is 24.4. The summed E-state index contributed by atoms with van der Waals surface area (Å²) in [5.74, 6) is 0.875. The van der Waals surface area contributed by atoms with E-state index in [9.17, 15) is 59.6 Å².